The number of carbonyl (C=O) groups excluding carboxylic acids is 1. The minimum atomic E-state index is -0.0615. The number of aromatic nitrogens is 1. The summed E-state index contributed by atoms with van der Waals surface area (Å²) in [5, 5.41) is 0.969. The molecule has 5 nitrogen and oxygen atoms in total. The van der Waals surface area contributed by atoms with E-state index < -0.39 is 0 Å². The van der Waals surface area contributed by atoms with Crippen LogP contribution in [-0.4, -0.2) is 36.9 Å². The van der Waals surface area contributed by atoms with Crippen molar-refractivity contribution in [2.45, 2.75) is 6.54 Å². The second-order valence-corrected chi connectivity index (χ2v) is 5.82. The van der Waals surface area contributed by atoms with Gasteiger partial charge in [0.25, 0.3) is 5.91 Å². The molecule has 6 heteroatoms. The molecule has 0 aliphatic rings. The van der Waals surface area contributed by atoms with Crippen LogP contribution in [0.1, 0.15) is 15.2 Å². The van der Waals surface area contributed by atoms with Gasteiger partial charge in [-0.05, 0) is 17.7 Å². The minimum absolute atomic E-state index is 0.0615. The topological polar surface area (TPSA) is 62.5 Å². The first-order chi connectivity index (χ1) is 9.49. The van der Waals surface area contributed by atoms with Gasteiger partial charge in [0.05, 0.1) is 10.7 Å². The lowest BCUT2D eigenvalue weighted by Crippen LogP contribution is -2.21. The van der Waals surface area contributed by atoms with Gasteiger partial charge in [-0.2, -0.15) is 0 Å². The average molecular weight is 290 g/mol. The van der Waals surface area contributed by atoms with Gasteiger partial charge in [0.1, 0.15) is 4.88 Å². The molecule has 2 heterocycles. The van der Waals surface area contributed by atoms with Crippen LogP contribution >= 0.6 is 11.3 Å². The van der Waals surface area contributed by atoms with Crippen LogP contribution < -0.4 is 10.6 Å². The number of amides is 1. The highest BCUT2D eigenvalue weighted by atomic mass is 32.1. The van der Waals surface area contributed by atoms with Crippen LogP contribution in [0.25, 0.3) is 0 Å². The maximum absolute atomic E-state index is 12.0. The van der Waals surface area contributed by atoms with Gasteiger partial charge in [0.2, 0.25) is 0 Å². The van der Waals surface area contributed by atoms with Gasteiger partial charge in [0, 0.05) is 40.1 Å². The Balaban J connectivity index is 2.17. The summed E-state index contributed by atoms with van der Waals surface area (Å²) < 4.78 is 0. The Bertz CT molecular complexity index is 594. The zero-order valence-corrected chi connectivity index (χ0v) is 12.6. The van der Waals surface area contributed by atoms with Gasteiger partial charge < -0.3 is 15.5 Å². The Kier molecular flexibility index (Phi) is 4.24. The average Bonchev–Trinajstić information content (AvgIpc) is 2.81. The summed E-state index contributed by atoms with van der Waals surface area (Å²) in [7, 11) is 5.42. The van der Waals surface area contributed by atoms with E-state index in [9.17, 15) is 4.79 Å². The van der Waals surface area contributed by atoms with E-state index in [4.69, 9.17) is 5.73 Å². The molecule has 2 rings (SSSR count). The van der Waals surface area contributed by atoms with Crippen molar-refractivity contribution >= 4 is 27.9 Å². The van der Waals surface area contributed by atoms with E-state index in [1.54, 1.807) is 20.3 Å². The van der Waals surface area contributed by atoms with Crippen molar-refractivity contribution in [1.82, 2.24) is 9.88 Å². The van der Waals surface area contributed by atoms with Crippen molar-refractivity contribution in [2.75, 3.05) is 31.8 Å². The highest BCUT2D eigenvalue weighted by Gasteiger charge is 2.17. The molecular weight excluding hydrogens is 272 g/mol. The molecule has 106 valence electrons. The lowest BCUT2D eigenvalue weighted by molar-refractivity contribution is 0.0833. The summed E-state index contributed by atoms with van der Waals surface area (Å²) in [5.41, 5.74) is 7.58. The number of anilines is 2. The monoisotopic (exact) mass is 290 g/mol. The summed E-state index contributed by atoms with van der Waals surface area (Å²) in [4.78, 5) is 20.3. The van der Waals surface area contributed by atoms with E-state index in [0.29, 0.717) is 10.6 Å². The molecule has 0 bridgehead atoms. The van der Waals surface area contributed by atoms with Gasteiger partial charge in [-0.15, -0.1) is 11.3 Å². The van der Waals surface area contributed by atoms with E-state index in [2.05, 4.69) is 9.88 Å². The molecule has 0 unspecified atom stereocenters. The Hall–Kier alpha value is -2.08. The zero-order chi connectivity index (χ0) is 14.7. The zero-order valence-electron chi connectivity index (χ0n) is 11.8. The second-order valence-electron chi connectivity index (χ2n) is 4.79. The fourth-order valence-electron chi connectivity index (χ4n) is 1.79. The Labute approximate surface area is 122 Å². The largest absolute Gasteiger partial charge is 0.397 e. The van der Waals surface area contributed by atoms with Crippen LogP contribution in [0.15, 0.2) is 30.6 Å². The molecule has 0 atom stereocenters. The predicted octanol–water partition coefficient (Wildman–Crippen LogP) is 2.06. The molecule has 0 radical (unpaired) electrons. The Morgan fingerprint density at radius 1 is 1.40 bits per heavy atom. The van der Waals surface area contributed by atoms with Crippen molar-refractivity contribution in [3.63, 3.8) is 0 Å². The molecule has 0 saturated heterocycles. The fraction of sp³-hybridized carbons (Fsp3) is 0.286. The lowest BCUT2D eigenvalue weighted by Gasteiger charge is -2.16. The number of nitrogens with two attached hydrogens (primary N) is 1. The van der Waals surface area contributed by atoms with Crippen LogP contribution in [0.5, 0.6) is 0 Å². The molecule has 0 fully saturated rings. The molecule has 1 amide bonds. The van der Waals surface area contributed by atoms with E-state index >= 15 is 0 Å². The van der Waals surface area contributed by atoms with E-state index in [0.717, 1.165) is 17.1 Å². The number of rotatable bonds is 4. The van der Waals surface area contributed by atoms with Crippen LogP contribution in [0.3, 0.4) is 0 Å². The molecule has 0 saturated carbocycles. The van der Waals surface area contributed by atoms with Crippen LogP contribution in [0.4, 0.5) is 10.7 Å². The normalized spacial score (nSPS) is 10.3. The third kappa shape index (κ3) is 3.08. The number of thiophene rings is 1. The molecule has 0 spiro atoms. The van der Waals surface area contributed by atoms with Gasteiger partial charge in [-0.3, -0.25) is 9.78 Å². The lowest BCUT2D eigenvalue weighted by atomic mass is 10.3. The van der Waals surface area contributed by atoms with E-state index in [1.165, 1.54) is 16.2 Å². The third-order valence-electron chi connectivity index (χ3n) is 2.87. The smallest absolute Gasteiger partial charge is 0.265 e. The molecular formula is C14H18N4OS. The molecule has 0 aliphatic heterocycles. The highest BCUT2D eigenvalue weighted by Crippen LogP contribution is 2.32. The maximum Gasteiger partial charge on any atom is 0.265 e. The van der Waals surface area contributed by atoms with Crippen molar-refractivity contribution in [2.24, 2.45) is 0 Å². The molecule has 2 aromatic heterocycles. The quantitative estimate of drug-likeness (QED) is 0.936. The van der Waals surface area contributed by atoms with Crippen molar-refractivity contribution in [1.29, 1.82) is 0 Å². The van der Waals surface area contributed by atoms with E-state index in [1.807, 2.05) is 31.4 Å². The summed E-state index contributed by atoms with van der Waals surface area (Å²) in [6.07, 6.45) is 3.58. The van der Waals surface area contributed by atoms with Gasteiger partial charge in [0.15, 0.2) is 0 Å². The first-order valence-electron chi connectivity index (χ1n) is 6.20. The SMILES string of the molecule is CN(C)C(=O)c1sc(N(C)Cc2cccnc2)cc1N. The van der Waals surface area contributed by atoms with Crippen molar-refractivity contribution < 1.29 is 4.79 Å². The van der Waals surface area contributed by atoms with Crippen LogP contribution in [0, 0.1) is 0 Å². The number of carbonyl (C=O) groups is 1. The van der Waals surface area contributed by atoms with Gasteiger partial charge in [-0.25, -0.2) is 0 Å². The maximum atomic E-state index is 12.0. The molecule has 2 aromatic rings. The number of nitrogen functional groups attached to an aromatic ring is 1. The summed E-state index contributed by atoms with van der Waals surface area (Å²) in [5.74, 6) is -0.0615. The first kappa shape index (κ1) is 14.3. The fourth-order valence-corrected chi connectivity index (χ4v) is 2.86. The summed E-state index contributed by atoms with van der Waals surface area (Å²) in [6, 6.07) is 5.77. The molecule has 20 heavy (non-hydrogen) atoms. The third-order valence-corrected chi connectivity index (χ3v) is 4.12. The highest BCUT2D eigenvalue weighted by molar-refractivity contribution is 7.18. The van der Waals surface area contributed by atoms with Crippen LogP contribution in [-0.2, 0) is 6.54 Å². The standard InChI is InChI=1S/C14H18N4OS/c1-17(2)14(19)13-11(15)7-12(20-13)18(3)9-10-5-4-6-16-8-10/h4-8H,9,15H2,1-3H3. The first-order valence-corrected chi connectivity index (χ1v) is 7.01. The van der Waals surface area contributed by atoms with Gasteiger partial charge >= 0.3 is 0 Å². The number of hydrogen-bond donors (Lipinski definition) is 1. The number of hydrogen-bond acceptors (Lipinski definition) is 5. The van der Waals surface area contributed by atoms with Crippen LogP contribution in [0.2, 0.25) is 0 Å². The Morgan fingerprint density at radius 3 is 2.75 bits per heavy atom. The predicted molar refractivity (Wildman–Crippen MR) is 83.1 cm³/mol. The second kappa shape index (κ2) is 5.92. The summed E-state index contributed by atoms with van der Waals surface area (Å²) in [6.45, 7) is 0.726. The number of pyridine rings is 1. The van der Waals surface area contributed by atoms with E-state index in [-0.39, 0.29) is 5.91 Å². The number of nitrogens with zero attached hydrogens (tertiary/aromatic N) is 3. The van der Waals surface area contributed by atoms with Crippen molar-refractivity contribution in [3.05, 3.63) is 41.0 Å². The molecule has 2 N–H and O–H groups in total. The summed E-state index contributed by atoms with van der Waals surface area (Å²) >= 11 is 1.41. The Morgan fingerprint density at radius 2 is 2.15 bits per heavy atom. The molecule has 0 aliphatic carbocycles. The minimum Gasteiger partial charge on any atom is -0.397 e. The van der Waals surface area contributed by atoms with Gasteiger partial charge in [-0.1, -0.05) is 6.07 Å². The van der Waals surface area contributed by atoms with Crippen molar-refractivity contribution in [3.8, 4) is 0 Å². The molecule has 0 aromatic carbocycles.